The van der Waals surface area contributed by atoms with Crippen LogP contribution in [0.15, 0.2) is 0 Å². The molecule has 0 aromatic heterocycles. The lowest BCUT2D eigenvalue weighted by Gasteiger charge is -2.53. The van der Waals surface area contributed by atoms with Gasteiger partial charge in [0.1, 0.15) is 5.78 Å². The molecule has 0 aromatic rings. The molecule has 3 saturated carbocycles. The van der Waals surface area contributed by atoms with Crippen molar-refractivity contribution >= 4 is 5.78 Å². The molecule has 0 saturated heterocycles. The van der Waals surface area contributed by atoms with Gasteiger partial charge in [-0.15, -0.1) is 0 Å². The van der Waals surface area contributed by atoms with Gasteiger partial charge in [0.15, 0.2) is 0 Å². The van der Waals surface area contributed by atoms with Crippen LogP contribution in [0.4, 0.5) is 0 Å². The molecule has 72 valence electrons. The number of rotatable bonds is 0. The molecule has 0 aliphatic heterocycles. The van der Waals surface area contributed by atoms with E-state index in [1.54, 1.807) is 0 Å². The molecule has 3 aliphatic carbocycles. The number of Topliss-reactive ketones (excluding diaryl/α,β-unsaturated/α-hetero) is 1. The van der Waals surface area contributed by atoms with Crippen LogP contribution >= 0.6 is 0 Å². The van der Waals surface area contributed by atoms with E-state index in [2.05, 4.69) is 0 Å². The van der Waals surface area contributed by atoms with Crippen molar-refractivity contribution in [2.75, 3.05) is 0 Å². The molecule has 0 amide bonds. The van der Waals surface area contributed by atoms with Crippen molar-refractivity contribution in [3.05, 3.63) is 0 Å². The van der Waals surface area contributed by atoms with E-state index in [4.69, 9.17) is 0 Å². The highest BCUT2D eigenvalue weighted by Gasteiger charge is 2.66. The van der Waals surface area contributed by atoms with Crippen molar-refractivity contribution in [3.8, 4) is 0 Å². The summed E-state index contributed by atoms with van der Waals surface area (Å²) >= 11 is 0. The fraction of sp³-hybridized carbons (Fsp3) is 0.917. The van der Waals surface area contributed by atoms with Crippen LogP contribution in [0, 0.1) is 10.8 Å². The van der Waals surface area contributed by atoms with Gasteiger partial charge in [0.2, 0.25) is 0 Å². The second kappa shape index (κ2) is 2.37. The Morgan fingerprint density at radius 3 is 2.38 bits per heavy atom. The van der Waals surface area contributed by atoms with E-state index in [9.17, 15) is 4.79 Å². The first-order valence-corrected chi connectivity index (χ1v) is 5.83. The second-order valence-electron chi connectivity index (χ2n) is 5.38. The Bertz CT molecular complexity index is 258. The summed E-state index contributed by atoms with van der Waals surface area (Å²) in [5, 5.41) is 0. The van der Waals surface area contributed by atoms with Crippen molar-refractivity contribution < 1.29 is 4.79 Å². The fourth-order valence-electron chi connectivity index (χ4n) is 4.34. The number of ketones is 1. The lowest BCUT2D eigenvalue weighted by molar-refractivity contribution is -0.157. The maximum Gasteiger partial charge on any atom is 0.140 e. The zero-order valence-corrected chi connectivity index (χ0v) is 8.27. The van der Waals surface area contributed by atoms with Gasteiger partial charge in [0, 0.05) is 11.8 Å². The van der Waals surface area contributed by atoms with E-state index in [1.807, 2.05) is 0 Å². The standard InChI is InChI=1S/C12H18O/c13-10-9-11-5-2-1-3-7-12(10,11)8-4-6-11/h1-9H2. The van der Waals surface area contributed by atoms with Crippen LogP contribution in [0.25, 0.3) is 0 Å². The molecule has 0 aromatic carbocycles. The Balaban J connectivity index is 2.00. The van der Waals surface area contributed by atoms with Crippen LogP contribution in [0.1, 0.15) is 57.8 Å². The fourth-order valence-corrected chi connectivity index (χ4v) is 4.34. The van der Waals surface area contributed by atoms with E-state index in [1.165, 1.54) is 51.4 Å². The van der Waals surface area contributed by atoms with Crippen LogP contribution in [-0.2, 0) is 4.79 Å². The third-order valence-corrected chi connectivity index (χ3v) is 5.07. The molecule has 0 radical (unpaired) electrons. The Kier molecular flexibility index (Phi) is 1.46. The summed E-state index contributed by atoms with van der Waals surface area (Å²) in [6, 6.07) is 0. The third kappa shape index (κ3) is 0.769. The largest absolute Gasteiger partial charge is 0.299 e. The number of carbonyl (C=O) groups is 1. The Labute approximate surface area is 79.9 Å². The average molecular weight is 178 g/mol. The molecule has 3 rings (SSSR count). The summed E-state index contributed by atoms with van der Waals surface area (Å²) < 4.78 is 0. The maximum atomic E-state index is 11.8. The smallest absolute Gasteiger partial charge is 0.140 e. The molecule has 0 N–H and O–H groups in total. The van der Waals surface area contributed by atoms with Crippen molar-refractivity contribution in [1.82, 2.24) is 0 Å². The topological polar surface area (TPSA) is 17.1 Å². The first-order valence-electron chi connectivity index (χ1n) is 5.83. The molecule has 0 spiro atoms. The van der Waals surface area contributed by atoms with E-state index in [0.717, 1.165) is 6.42 Å². The van der Waals surface area contributed by atoms with Gasteiger partial charge >= 0.3 is 0 Å². The highest BCUT2D eigenvalue weighted by Crippen LogP contribution is 2.69. The van der Waals surface area contributed by atoms with E-state index >= 15 is 0 Å². The average Bonchev–Trinajstić information content (AvgIpc) is 2.33. The van der Waals surface area contributed by atoms with Crippen molar-refractivity contribution in [2.45, 2.75) is 57.8 Å². The van der Waals surface area contributed by atoms with Crippen LogP contribution in [-0.4, -0.2) is 5.78 Å². The van der Waals surface area contributed by atoms with Gasteiger partial charge in [-0.1, -0.05) is 25.7 Å². The number of hydrogen-bond acceptors (Lipinski definition) is 1. The number of hydrogen-bond donors (Lipinski definition) is 0. The van der Waals surface area contributed by atoms with E-state index in [0.29, 0.717) is 11.2 Å². The summed E-state index contributed by atoms with van der Waals surface area (Å²) in [4.78, 5) is 11.8. The van der Waals surface area contributed by atoms with Crippen LogP contribution in [0.5, 0.6) is 0 Å². The predicted octanol–water partition coefficient (Wildman–Crippen LogP) is 3.08. The molecule has 1 nitrogen and oxygen atoms in total. The third-order valence-electron chi connectivity index (χ3n) is 5.07. The van der Waals surface area contributed by atoms with Crippen LogP contribution in [0.3, 0.4) is 0 Å². The minimum absolute atomic E-state index is 0.212. The summed E-state index contributed by atoms with van der Waals surface area (Å²) in [5.74, 6) is 0.618. The van der Waals surface area contributed by atoms with Crippen LogP contribution in [0.2, 0.25) is 0 Å². The van der Waals surface area contributed by atoms with Gasteiger partial charge < -0.3 is 0 Å². The van der Waals surface area contributed by atoms with Crippen molar-refractivity contribution in [1.29, 1.82) is 0 Å². The lowest BCUT2D eigenvalue weighted by Crippen LogP contribution is -2.55. The summed E-state index contributed by atoms with van der Waals surface area (Å²) in [6.07, 6.45) is 11.5. The SMILES string of the molecule is O=C1CC23CCCCCC12CCC3. The van der Waals surface area contributed by atoms with E-state index in [-0.39, 0.29) is 5.41 Å². The Hall–Kier alpha value is -0.330. The molecule has 3 aliphatic rings. The molecular formula is C12H18O. The van der Waals surface area contributed by atoms with Crippen molar-refractivity contribution in [3.63, 3.8) is 0 Å². The van der Waals surface area contributed by atoms with Gasteiger partial charge in [-0.3, -0.25) is 4.79 Å². The van der Waals surface area contributed by atoms with Gasteiger partial charge in [-0.2, -0.15) is 0 Å². The van der Waals surface area contributed by atoms with Gasteiger partial charge in [-0.25, -0.2) is 0 Å². The number of carbonyl (C=O) groups excluding carboxylic acids is 1. The van der Waals surface area contributed by atoms with E-state index < -0.39 is 0 Å². The predicted molar refractivity (Wildman–Crippen MR) is 51.4 cm³/mol. The van der Waals surface area contributed by atoms with Gasteiger partial charge in [0.05, 0.1) is 0 Å². The first-order chi connectivity index (χ1) is 6.29. The Morgan fingerprint density at radius 1 is 0.846 bits per heavy atom. The first kappa shape index (κ1) is 8.02. The lowest BCUT2D eigenvalue weighted by atomic mass is 9.48. The summed E-state index contributed by atoms with van der Waals surface area (Å²) in [5.41, 5.74) is 0.726. The normalized spacial score (nSPS) is 49.1. The van der Waals surface area contributed by atoms with Gasteiger partial charge in [-0.05, 0) is 31.1 Å². The van der Waals surface area contributed by atoms with Gasteiger partial charge in [0.25, 0.3) is 0 Å². The zero-order valence-electron chi connectivity index (χ0n) is 8.27. The highest BCUT2D eigenvalue weighted by atomic mass is 16.1. The summed E-state index contributed by atoms with van der Waals surface area (Å²) in [6.45, 7) is 0. The zero-order chi connectivity index (χ0) is 8.94. The van der Waals surface area contributed by atoms with Crippen LogP contribution < -0.4 is 0 Å². The molecule has 2 atom stereocenters. The Morgan fingerprint density at radius 2 is 1.54 bits per heavy atom. The summed E-state index contributed by atoms with van der Waals surface area (Å²) in [7, 11) is 0. The minimum Gasteiger partial charge on any atom is -0.299 e. The highest BCUT2D eigenvalue weighted by molar-refractivity contribution is 5.93. The molecule has 13 heavy (non-hydrogen) atoms. The monoisotopic (exact) mass is 178 g/mol. The maximum absolute atomic E-state index is 11.8. The molecule has 1 heteroatoms. The molecular weight excluding hydrogens is 160 g/mol. The molecule has 0 bridgehead atoms. The van der Waals surface area contributed by atoms with Crippen molar-refractivity contribution in [2.24, 2.45) is 10.8 Å². The second-order valence-corrected chi connectivity index (χ2v) is 5.38. The molecule has 3 fully saturated rings. The molecule has 0 heterocycles. The molecule has 2 unspecified atom stereocenters. The minimum atomic E-state index is 0.212. The quantitative estimate of drug-likeness (QED) is 0.557.